The first-order valence-corrected chi connectivity index (χ1v) is 9.12. The average Bonchev–Trinajstić information content (AvgIpc) is 2.65. The summed E-state index contributed by atoms with van der Waals surface area (Å²) in [6.45, 7) is 0. The van der Waals surface area contributed by atoms with Crippen LogP contribution in [0.25, 0.3) is 10.8 Å². The number of fused-ring (bicyclic) bond motifs is 1. The molecule has 0 aliphatic rings. The third-order valence-electron chi connectivity index (χ3n) is 4.37. The second-order valence-electron chi connectivity index (χ2n) is 5.76. The smallest absolute Gasteiger partial charge is 0.321 e. The van der Waals surface area contributed by atoms with Crippen LogP contribution in [0.3, 0.4) is 0 Å². The Bertz CT molecular complexity index is 939. The van der Waals surface area contributed by atoms with Crippen LogP contribution in [0.4, 0.5) is 0 Å². The molecule has 0 spiro atoms. The molecule has 4 heteroatoms. The number of carboxylic acids is 1. The summed E-state index contributed by atoms with van der Waals surface area (Å²) in [6.07, 6.45) is 1.99. The molecule has 124 valence electrons. The van der Waals surface area contributed by atoms with E-state index in [0.717, 1.165) is 26.8 Å². The third-order valence-corrected chi connectivity index (χ3v) is 5.12. The van der Waals surface area contributed by atoms with Crippen LogP contribution in [0.15, 0.2) is 71.6 Å². The number of hydrogen-bond acceptors (Lipinski definition) is 3. The van der Waals surface area contributed by atoms with Crippen molar-refractivity contribution in [2.45, 2.75) is 10.8 Å². The predicted molar refractivity (Wildman–Crippen MR) is 101 cm³/mol. The number of benzene rings is 3. The van der Waals surface area contributed by atoms with E-state index in [1.54, 1.807) is 11.8 Å². The van der Waals surface area contributed by atoms with Crippen molar-refractivity contribution in [2.75, 3.05) is 6.26 Å². The molecule has 0 aliphatic heterocycles. The summed E-state index contributed by atoms with van der Waals surface area (Å²) in [6, 6.07) is 23.4. The van der Waals surface area contributed by atoms with E-state index in [2.05, 4.69) is 0 Å². The van der Waals surface area contributed by atoms with Gasteiger partial charge in [-0.15, -0.1) is 11.8 Å². The average molecular weight is 347 g/mol. The molecular weight excluding hydrogens is 330 g/mol. The molecule has 0 radical (unpaired) electrons. The highest BCUT2D eigenvalue weighted by Crippen LogP contribution is 2.37. The Kier molecular flexibility index (Phi) is 5.06. The molecule has 3 aromatic rings. The molecule has 0 bridgehead atoms. The van der Waals surface area contributed by atoms with E-state index in [1.807, 2.05) is 79.1 Å². The molecule has 3 rings (SSSR count). The normalized spacial score (nSPS) is 13.1. The Morgan fingerprint density at radius 3 is 2.36 bits per heavy atom. The SMILES string of the molecule is CSc1ccc(C(c2cccc3ccccc23)C(C#N)C(=O)O)cc1. The van der Waals surface area contributed by atoms with Crippen LogP contribution in [0.1, 0.15) is 17.0 Å². The van der Waals surface area contributed by atoms with Gasteiger partial charge in [0.2, 0.25) is 0 Å². The maximum absolute atomic E-state index is 11.8. The first-order valence-electron chi connectivity index (χ1n) is 7.89. The number of carbonyl (C=O) groups is 1. The van der Waals surface area contributed by atoms with Gasteiger partial charge in [0, 0.05) is 10.8 Å². The highest BCUT2D eigenvalue weighted by molar-refractivity contribution is 7.98. The monoisotopic (exact) mass is 347 g/mol. The molecule has 25 heavy (non-hydrogen) atoms. The minimum Gasteiger partial charge on any atom is -0.480 e. The summed E-state index contributed by atoms with van der Waals surface area (Å²) in [5.74, 6) is -2.77. The molecule has 3 aromatic carbocycles. The van der Waals surface area contributed by atoms with Crippen molar-refractivity contribution in [3.63, 3.8) is 0 Å². The van der Waals surface area contributed by atoms with Crippen LogP contribution in [0, 0.1) is 17.2 Å². The van der Waals surface area contributed by atoms with Gasteiger partial charge < -0.3 is 5.11 Å². The van der Waals surface area contributed by atoms with Gasteiger partial charge in [-0.3, -0.25) is 4.79 Å². The lowest BCUT2D eigenvalue weighted by Crippen LogP contribution is -2.22. The summed E-state index contributed by atoms with van der Waals surface area (Å²) in [7, 11) is 0. The molecule has 0 saturated heterocycles. The van der Waals surface area contributed by atoms with Crippen molar-refractivity contribution in [2.24, 2.45) is 5.92 Å². The Morgan fingerprint density at radius 2 is 1.72 bits per heavy atom. The van der Waals surface area contributed by atoms with Gasteiger partial charge in [-0.1, -0.05) is 54.6 Å². The van der Waals surface area contributed by atoms with E-state index in [-0.39, 0.29) is 0 Å². The number of carboxylic acid groups (broad SMARTS) is 1. The van der Waals surface area contributed by atoms with E-state index >= 15 is 0 Å². The van der Waals surface area contributed by atoms with Crippen LogP contribution in [0.2, 0.25) is 0 Å². The van der Waals surface area contributed by atoms with Crippen LogP contribution in [-0.4, -0.2) is 17.3 Å². The number of aliphatic carboxylic acids is 1. The summed E-state index contributed by atoms with van der Waals surface area (Å²) in [5.41, 5.74) is 1.70. The largest absolute Gasteiger partial charge is 0.480 e. The predicted octanol–water partition coefficient (Wildman–Crippen LogP) is 4.92. The lowest BCUT2D eigenvalue weighted by Gasteiger charge is -2.22. The molecule has 0 saturated carbocycles. The summed E-state index contributed by atoms with van der Waals surface area (Å²) >= 11 is 1.63. The van der Waals surface area contributed by atoms with Gasteiger partial charge in [-0.05, 0) is 40.3 Å². The van der Waals surface area contributed by atoms with Gasteiger partial charge in [0.25, 0.3) is 0 Å². The standard InChI is InChI=1S/C21H17NO2S/c1-25-16-11-9-15(10-12-16)20(19(13-22)21(23)24)18-8-4-6-14-5-2-3-7-17(14)18/h2-12,19-20H,1H3,(H,23,24). The molecule has 1 N–H and O–H groups in total. The summed E-state index contributed by atoms with van der Waals surface area (Å²) in [5, 5.41) is 21.2. The molecule has 0 amide bonds. The van der Waals surface area contributed by atoms with E-state index in [9.17, 15) is 15.2 Å². The first-order chi connectivity index (χ1) is 12.2. The van der Waals surface area contributed by atoms with Gasteiger partial charge in [-0.2, -0.15) is 5.26 Å². The Hall–Kier alpha value is -2.77. The van der Waals surface area contributed by atoms with Crippen molar-refractivity contribution < 1.29 is 9.90 Å². The number of nitrogens with zero attached hydrogens (tertiary/aromatic N) is 1. The fourth-order valence-corrected chi connectivity index (χ4v) is 3.57. The Balaban J connectivity index is 2.23. The molecule has 0 aromatic heterocycles. The van der Waals surface area contributed by atoms with Crippen molar-refractivity contribution in [1.29, 1.82) is 5.26 Å². The quantitative estimate of drug-likeness (QED) is 0.666. The third kappa shape index (κ3) is 3.38. The highest BCUT2D eigenvalue weighted by atomic mass is 32.2. The molecule has 0 aliphatic carbocycles. The molecule has 0 heterocycles. The summed E-state index contributed by atoms with van der Waals surface area (Å²) in [4.78, 5) is 12.9. The van der Waals surface area contributed by atoms with Gasteiger partial charge in [0.1, 0.15) is 0 Å². The zero-order valence-corrected chi connectivity index (χ0v) is 14.5. The van der Waals surface area contributed by atoms with Gasteiger partial charge >= 0.3 is 5.97 Å². The topological polar surface area (TPSA) is 61.1 Å². The van der Waals surface area contributed by atoms with E-state index in [4.69, 9.17) is 0 Å². The van der Waals surface area contributed by atoms with Crippen LogP contribution in [-0.2, 0) is 4.79 Å². The molecule has 2 unspecified atom stereocenters. The number of rotatable bonds is 5. The highest BCUT2D eigenvalue weighted by Gasteiger charge is 2.32. The second-order valence-corrected chi connectivity index (χ2v) is 6.64. The second kappa shape index (κ2) is 7.42. The van der Waals surface area contributed by atoms with Gasteiger partial charge in [0.05, 0.1) is 6.07 Å². The van der Waals surface area contributed by atoms with E-state index in [1.165, 1.54) is 0 Å². The fraction of sp³-hybridized carbons (Fsp3) is 0.143. The lowest BCUT2D eigenvalue weighted by molar-refractivity contribution is -0.140. The Morgan fingerprint density at radius 1 is 1.04 bits per heavy atom. The fourth-order valence-electron chi connectivity index (χ4n) is 3.16. The van der Waals surface area contributed by atoms with Crippen LogP contribution >= 0.6 is 11.8 Å². The van der Waals surface area contributed by atoms with Crippen molar-refractivity contribution in [1.82, 2.24) is 0 Å². The lowest BCUT2D eigenvalue weighted by atomic mass is 9.79. The van der Waals surface area contributed by atoms with Crippen LogP contribution in [0.5, 0.6) is 0 Å². The van der Waals surface area contributed by atoms with Crippen molar-refractivity contribution in [3.05, 3.63) is 77.9 Å². The zero-order valence-electron chi connectivity index (χ0n) is 13.7. The maximum atomic E-state index is 11.8. The number of nitriles is 1. The molecular formula is C21H17NO2S. The molecule has 3 nitrogen and oxygen atoms in total. The van der Waals surface area contributed by atoms with Crippen molar-refractivity contribution >= 4 is 28.5 Å². The van der Waals surface area contributed by atoms with Crippen LogP contribution < -0.4 is 0 Å². The summed E-state index contributed by atoms with van der Waals surface area (Å²) < 4.78 is 0. The first kappa shape index (κ1) is 17.1. The number of hydrogen-bond donors (Lipinski definition) is 1. The van der Waals surface area contributed by atoms with E-state index < -0.39 is 17.8 Å². The molecule has 0 fully saturated rings. The Labute approximate surface area is 150 Å². The van der Waals surface area contributed by atoms with Crippen molar-refractivity contribution in [3.8, 4) is 6.07 Å². The van der Waals surface area contributed by atoms with Gasteiger partial charge in [-0.25, -0.2) is 0 Å². The minimum atomic E-state index is -1.15. The zero-order chi connectivity index (χ0) is 17.8. The molecule has 2 atom stereocenters. The van der Waals surface area contributed by atoms with Gasteiger partial charge in [0.15, 0.2) is 5.92 Å². The van der Waals surface area contributed by atoms with E-state index in [0.29, 0.717) is 0 Å². The number of thioether (sulfide) groups is 1. The maximum Gasteiger partial charge on any atom is 0.321 e. The minimum absolute atomic E-state index is 0.524.